The summed E-state index contributed by atoms with van der Waals surface area (Å²) in [4.78, 5) is 2.98. The first-order chi connectivity index (χ1) is 10.6. The van der Waals surface area contributed by atoms with Crippen LogP contribution in [0, 0.1) is 18.6 Å². The van der Waals surface area contributed by atoms with Crippen LogP contribution in [0.2, 0.25) is 4.34 Å². The van der Waals surface area contributed by atoms with Crippen LogP contribution in [0.4, 0.5) is 8.78 Å². The Kier molecular flexibility index (Phi) is 4.78. The smallest absolute Gasteiger partial charge is 0.134 e. The SMILES string of the molecule is Cc1ccc(F)c([C@H](c2ccc(Cl)s2)N2CCNCC2)c1F. The summed E-state index contributed by atoms with van der Waals surface area (Å²) in [6.45, 7) is 4.77. The van der Waals surface area contributed by atoms with Gasteiger partial charge in [0.15, 0.2) is 0 Å². The quantitative estimate of drug-likeness (QED) is 0.907. The van der Waals surface area contributed by atoms with Gasteiger partial charge >= 0.3 is 0 Å². The van der Waals surface area contributed by atoms with E-state index in [2.05, 4.69) is 10.2 Å². The van der Waals surface area contributed by atoms with Gasteiger partial charge in [0.25, 0.3) is 0 Å². The highest BCUT2D eigenvalue weighted by atomic mass is 35.5. The molecule has 0 unspecified atom stereocenters. The van der Waals surface area contributed by atoms with Crippen molar-refractivity contribution < 1.29 is 8.78 Å². The Hall–Kier alpha value is -1.01. The molecule has 22 heavy (non-hydrogen) atoms. The summed E-state index contributed by atoms with van der Waals surface area (Å²) in [6, 6.07) is 6.03. The van der Waals surface area contributed by atoms with Gasteiger partial charge in [-0.05, 0) is 30.7 Å². The maximum absolute atomic E-state index is 14.6. The van der Waals surface area contributed by atoms with Crippen molar-refractivity contribution in [2.45, 2.75) is 13.0 Å². The summed E-state index contributed by atoms with van der Waals surface area (Å²) in [5.41, 5.74) is 0.583. The summed E-state index contributed by atoms with van der Waals surface area (Å²) in [7, 11) is 0. The fourth-order valence-corrected chi connectivity index (χ4v) is 4.06. The molecule has 1 aliphatic rings. The van der Waals surface area contributed by atoms with Gasteiger partial charge in [-0.3, -0.25) is 4.90 Å². The Balaban J connectivity index is 2.11. The van der Waals surface area contributed by atoms with E-state index in [-0.39, 0.29) is 5.56 Å². The molecular weight excluding hydrogens is 326 g/mol. The molecule has 1 fully saturated rings. The lowest BCUT2D eigenvalue weighted by molar-refractivity contribution is 0.194. The highest BCUT2D eigenvalue weighted by Gasteiger charge is 2.30. The molecule has 2 heterocycles. The van der Waals surface area contributed by atoms with E-state index >= 15 is 0 Å². The number of nitrogens with zero attached hydrogens (tertiary/aromatic N) is 1. The molecule has 0 saturated carbocycles. The van der Waals surface area contributed by atoms with Crippen LogP contribution in [0.3, 0.4) is 0 Å². The Morgan fingerprint density at radius 1 is 1.18 bits per heavy atom. The summed E-state index contributed by atoms with van der Waals surface area (Å²) in [6.07, 6.45) is 0. The molecule has 1 aromatic carbocycles. The maximum atomic E-state index is 14.6. The Bertz CT molecular complexity index is 668. The van der Waals surface area contributed by atoms with E-state index in [4.69, 9.17) is 11.6 Å². The highest BCUT2D eigenvalue weighted by molar-refractivity contribution is 7.16. The van der Waals surface area contributed by atoms with Gasteiger partial charge in [0.1, 0.15) is 11.6 Å². The number of aryl methyl sites for hydroxylation is 1. The van der Waals surface area contributed by atoms with Crippen LogP contribution in [0.5, 0.6) is 0 Å². The molecule has 0 bridgehead atoms. The standard InChI is InChI=1S/C16H17ClF2N2S/c1-10-2-3-11(18)14(15(10)19)16(12-4-5-13(17)22-12)21-8-6-20-7-9-21/h2-5,16,20H,6-9H2,1H3/t16-/m0/s1. The molecule has 0 radical (unpaired) electrons. The molecule has 1 atom stereocenters. The number of rotatable bonds is 3. The largest absolute Gasteiger partial charge is 0.314 e. The number of hydrogen-bond acceptors (Lipinski definition) is 3. The van der Waals surface area contributed by atoms with Crippen molar-refractivity contribution in [2.24, 2.45) is 0 Å². The van der Waals surface area contributed by atoms with Crippen LogP contribution in [-0.4, -0.2) is 31.1 Å². The lowest BCUT2D eigenvalue weighted by Crippen LogP contribution is -2.45. The van der Waals surface area contributed by atoms with Gasteiger partial charge in [0, 0.05) is 36.6 Å². The van der Waals surface area contributed by atoms with Gasteiger partial charge in [-0.2, -0.15) is 0 Å². The minimum Gasteiger partial charge on any atom is -0.314 e. The zero-order chi connectivity index (χ0) is 15.7. The molecule has 3 rings (SSSR count). The third-order valence-electron chi connectivity index (χ3n) is 3.97. The number of thiophene rings is 1. The number of nitrogens with one attached hydrogen (secondary N) is 1. The van der Waals surface area contributed by atoms with E-state index in [1.807, 2.05) is 6.07 Å². The van der Waals surface area contributed by atoms with Gasteiger partial charge in [-0.1, -0.05) is 17.7 Å². The predicted octanol–water partition coefficient (Wildman–Crippen LogP) is 3.98. The second-order valence-corrected chi connectivity index (χ2v) is 7.17. The number of piperazine rings is 1. The second kappa shape index (κ2) is 6.62. The maximum Gasteiger partial charge on any atom is 0.134 e. The normalized spacial score (nSPS) is 17.6. The highest BCUT2D eigenvalue weighted by Crippen LogP contribution is 2.38. The van der Waals surface area contributed by atoms with E-state index in [1.54, 1.807) is 13.0 Å². The summed E-state index contributed by atoms with van der Waals surface area (Å²) >= 11 is 7.42. The van der Waals surface area contributed by atoms with Crippen LogP contribution in [0.25, 0.3) is 0 Å². The van der Waals surface area contributed by atoms with Gasteiger partial charge in [0.05, 0.1) is 10.4 Å². The van der Waals surface area contributed by atoms with Crippen molar-refractivity contribution in [3.63, 3.8) is 0 Å². The fraction of sp³-hybridized carbons (Fsp3) is 0.375. The van der Waals surface area contributed by atoms with Crippen molar-refractivity contribution in [1.82, 2.24) is 10.2 Å². The molecule has 118 valence electrons. The second-order valence-electron chi connectivity index (χ2n) is 5.42. The van der Waals surface area contributed by atoms with Crippen molar-refractivity contribution >= 4 is 22.9 Å². The zero-order valence-electron chi connectivity index (χ0n) is 12.2. The molecule has 1 aromatic heterocycles. The van der Waals surface area contributed by atoms with E-state index in [1.165, 1.54) is 23.5 Å². The lowest BCUT2D eigenvalue weighted by Gasteiger charge is -2.35. The lowest BCUT2D eigenvalue weighted by atomic mass is 9.99. The molecule has 2 aromatic rings. The predicted molar refractivity (Wildman–Crippen MR) is 86.7 cm³/mol. The van der Waals surface area contributed by atoms with Crippen LogP contribution >= 0.6 is 22.9 Å². The van der Waals surface area contributed by atoms with E-state index < -0.39 is 17.7 Å². The van der Waals surface area contributed by atoms with Gasteiger partial charge in [-0.15, -0.1) is 11.3 Å². The van der Waals surface area contributed by atoms with E-state index in [9.17, 15) is 8.78 Å². The van der Waals surface area contributed by atoms with Crippen molar-refractivity contribution in [3.05, 3.63) is 56.2 Å². The van der Waals surface area contributed by atoms with Crippen molar-refractivity contribution in [2.75, 3.05) is 26.2 Å². The minimum absolute atomic E-state index is 0.125. The third-order valence-corrected chi connectivity index (χ3v) is 5.26. The van der Waals surface area contributed by atoms with E-state index in [0.29, 0.717) is 9.90 Å². The monoisotopic (exact) mass is 342 g/mol. The average Bonchev–Trinajstić information content (AvgIpc) is 2.94. The number of benzene rings is 1. The topological polar surface area (TPSA) is 15.3 Å². The first kappa shape index (κ1) is 15.9. The van der Waals surface area contributed by atoms with Crippen LogP contribution in [0.1, 0.15) is 22.0 Å². The van der Waals surface area contributed by atoms with Gasteiger partial charge in [0.2, 0.25) is 0 Å². The number of halogens is 3. The molecule has 1 saturated heterocycles. The molecule has 0 aliphatic carbocycles. The summed E-state index contributed by atoms with van der Waals surface area (Å²) < 4.78 is 29.7. The Morgan fingerprint density at radius 3 is 2.55 bits per heavy atom. The van der Waals surface area contributed by atoms with Crippen LogP contribution in [-0.2, 0) is 0 Å². The van der Waals surface area contributed by atoms with Crippen LogP contribution < -0.4 is 5.32 Å². The molecule has 1 aliphatic heterocycles. The zero-order valence-corrected chi connectivity index (χ0v) is 13.8. The van der Waals surface area contributed by atoms with E-state index in [0.717, 1.165) is 31.1 Å². The summed E-state index contributed by atoms with van der Waals surface area (Å²) in [5.74, 6) is -0.968. The molecule has 0 spiro atoms. The molecule has 1 N–H and O–H groups in total. The molecule has 2 nitrogen and oxygen atoms in total. The van der Waals surface area contributed by atoms with Crippen molar-refractivity contribution in [1.29, 1.82) is 0 Å². The van der Waals surface area contributed by atoms with Crippen molar-refractivity contribution in [3.8, 4) is 0 Å². The van der Waals surface area contributed by atoms with Gasteiger partial charge < -0.3 is 5.32 Å². The summed E-state index contributed by atoms with van der Waals surface area (Å²) in [5, 5.41) is 3.27. The average molecular weight is 343 g/mol. The third kappa shape index (κ3) is 3.04. The Labute approximate surface area is 137 Å². The molecular formula is C16H17ClF2N2S. The minimum atomic E-state index is -0.504. The number of hydrogen-bond donors (Lipinski definition) is 1. The fourth-order valence-electron chi connectivity index (χ4n) is 2.85. The van der Waals surface area contributed by atoms with Crippen LogP contribution in [0.15, 0.2) is 24.3 Å². The Morgan fingerprint density at radius 2 is 1.91 bits per heavy atom. The first-order valence-corrected chi connectivity index (χ1v) is 8.42. The molecule has 6 heteroatoms. The first-order valence-electron chi connectivity index (χ1n) is 7.22. The van der Waals surface area contributed by atoms with Gasteiger partial charge in [-0.25, -0.2) is 8.78 Å². The molecule has 0 amide bonds.